The average Bonchev–Trinajstić information content (AvgIpc) is 2.66. The van der Waals surface area contributed by atoms with E-state index >= 15 is 0 Å². The molecular formula is C12H15N3O. The van der Waals surface area contributed by atoms with Gasteiger partial charge in [-0.25, -0.2) is 0 Å². The minimum absolute atomic E-state index is 0.209. The van der Waals surface area contributed by atoms with Gasteiger partial charge in [0.2, 0.25) is 5.89 Å². The van der Waals surface area contributed by atoms with Crippen LogP contribution in [0.5, 0.6) is 0 Å². The van der Waals surface area contributed by atoms with Crippen LogP contribution in [0.15, 0.2) is 28.8 Å². The molecule has 0 aliphatic carbocycles. The van der Waals surface area contributed by atoms with Gasteiger partial charge >= 0.3 is 0 Å². The molecule has 16 heavy (non-hydrogen) atoms. The quantitative estimate of drug-likeness (QED) is 0.853. The Labute approximate surface area is 94.5 Å². The maximum absolute atomic E-state index is 5.65. The fourth-order valence-electron chi connectivity index (χ4n) is 1.53. The summed E-state index contributed by atoms with van der Waals surface area (Å²) < 4.78 is 5.04. The topological polar surface area (TPSA) is 64.9 Å². The molecule has 0 aliphatic rings. The summed E-state index contributed by atoms with van der Waals surface area (Å²) in [6, 6.07) is 8.04. The Morgan fingerprint density at radius 2 is 2.25 bits per heavy atom. The van der Waals surface area contributed by atoms with Crippen LogP contribution in [0.3, 0.4) is 0 Å². The van der Waals surface area contributed by atoms with Crippen LogP contribution in [0.4, 0.5) is 0 Å². The highest BCUT2D eigenvalue weighted by Gasteiger charge is 2.10. The van der Waals surface area contributed by atoms with Crippen molar-refractivity contribution in [1.29, 1.82) is 0 Å². The van der Waals surface area contributed by atoms with Crippen LogP contribution in [0.1, 0.15) is 35.8 Å². The van der Waals surface area contributed by atoms with E-state index in [4.69, 9.17) is 10.3 Å². The molecule has 0 saturated heterocycles. The van der Waals surface area contributed by atoms with E-state index in [1.807, 2.05) is 13.0 Å². The van der Waals surface area contributed by atoms with Gasteiger partial charge in [-0.05, 0) is 19.4 Å². The van der Waals surface area contributed by atoms with Crippen molar-refractivity contribution in [2.45, 2.75) is 26.3 Å². The lowest BCUT2D eigenvalue weighted by Gasteiger charge is -1.98. The van der Waals surface area contributed by atoms with E-state index in [0.717, 1.165) is 0 Å². The van der Waals surface area contributed by atoms with Crippen molar-refractivity contribution < 1.29 is 4.52 Å². The standard InChI is InChI=1S/C12H15N3O/c1-8-4-3-5-10(6-8)7-11-14-12(9(2)13)16-15-11/h3-6,9H,7,13H2,1-2H3/t9-/m0/s1. The molecule has 0 saturated carbocycles. The summed E-state index contributed by atoms with van der Waals surface area (Å²) >= 11 is 0. The first-order chi connectivity index (χ1) is 7.65. The molecule has 84 valence electrons. The molecule has 2 aromatic rings. The van der Waals surface area contributed by atoms with Crippen LogP contribution < -0.4 is 5.73 Å². The van der Waals surface area contributed by atoms with Gasteiger partial charge in [-0.3, -0.25) is 0 Å². The Hall–Kier alpha value is -1.68. The lowest BCUT2D eigenvalue weighted by molar-refractivity contribution is 0.358. The molecule has 1 aromatic heterocycles. The lowest BCUT2D eigenvalue weighted by atomic mass is 10.1. The smallest absolute Gasteiger partial charge is 0.243 e. The Morgan fingerprint density at radius 1 is 1.44 bits per heavy atom. The zero-order chi connectivity index (χ0) is 11.5. The summed E-state index contributed by atoms with van der Waals surface area (Å²) in [5.74, 6) is 1.17. The Kier molecular flexibility index (Phi) is 3.01. The summed E-state index contributed by atoms with van der Waals surface area (Å²) in [4.78, 5) is 4.23. The summed E-state index contributed by atoms with van der Waals surface area (Å²) in [5, 5.41) is 3.90. The van der Waals surface area contributed by atoms with Crippen LogP contribution in [-0.2, 0) is 6.42 Å². The molecule has 1 aromatic carbocycles. The normalized spacial score (nSPS) is 12.7. The Morgan fingerprint density at radius 3 is 2.88 bits per heavy atom. The second-order valence-corrected chi connectivity index (χ2v) is 4.00. The number of hydrogen-bond acceptors (Lipinski definition) is 4. The van der Waals surface area contributed by atoms with E-state index in [1.165, 1.54) is 11.1 Å². The zero-order valence-electron chi connectivity index (χ0n) is 9.47. The third kappa shape index (κ3) is 2.46. The molecule has 0 fully saturated rings. The molecule has 0 aliphatic heterocycles. The fraction of sp³-hybridized carbons (Fsp3) is 0.333. The molecule has 0 bridgehead atoms. The maximum atomic E-state index is 5.65. The highest BCUT2D eigenvalue weighted by molar-refractivity contribution is 5.24. The van der Waals surface area contributed by atoms with Crippen molar-refractivity contribution in [3.05, 3.63) is 47.1 Å². The number of aromatic nitrogens is 2. The van der Waals surface area contributed by atoms with Crippen molar-refractivity contribution in [2.24, 2.45) is 5.73 Å². The molecule has 4 heteroatoms. The van der Waals surface area contributed by atoms with Crippen molar-refractivity contribution in [3.8, 4) is 0 Å². The predicted molar refractivity (Wildman–Crippen MR) is 60.9 cm³/mol. The molecule has 2 rings (SSSR count). The number of hydrogen-bond donors (Lipinski definition) is 1. The minimum atomic E-state index is -0.209. The number of rotatable bonds is 3. The first-order valence-electron chi connectivity index (χ1n) is 5.29. The summed E-state index contributed by atoms with van der Waals surface area (Å²) in [6.45, 7) is 3.89. The van der Waals surface area contributed by atoms with Gasteiger partial charge in [-0.1, -0.05) is 35.0 Å². The highest BCUT2D eigenvalue weighted by Crippen LogP contribution is 2.11. The van der Waals surface area contributed by atoms with E-state index < -0.39 is 0 Å². The van der Waals surface area contributed by atoms with Crippen molar-refractivity contribution in [3.63, 3.8) is 0 Å². The van der Waals surface area contributed by atoms with Crippen LogP contribution in [0.25, 0.3) is 0 Å². The van der Waals surface area contributed by atoms with Gasteiger partial charge in [0.15, 0.2) is 5.82 Å². The SMILES string of the molecule is Cc1cccc(Cc2noc([C@H](C)N)n2)c1. The van der Waals surface area contributed by atoms with E-state index in [9.17, 15) is 0 Å². The first kappa shape index (κ1) is 10.8. The average molecular weight is 217 g/mol. The number of nitrogens with zero attached hydrogens (tertiary/aromatic N) is 2. The lowest BCUT2D eigenvalue weighted by Crippen LogP contribution is -2.05. The van der Waals surface area contributed by atoms with Gasteiger partial charge in [0, 0.05) is 6.42 Å². The van der Waals surface area contributed by atoms with E-state index in [-0.39, 0.29) is 6.04 Å². The van der Waals surface area contributed by atoms with Gasteiger partial charge in [-0.2, -0.15) is 4.98 Å². The minimum Gasteiger partial charge on any atom is -0.338 e. The summed E-state index contributed by atoms with van der Waals surface area (Å²) in [6.07, 6.45) is 0.678. The molecule has 1 atom stereocenters. The van der Waals surface area contributed by atoms with Crippen LogP contribution in [0.2, 0.25) is 0 Å². The maximum Gasteiger partial charge on any atom is 0.243 e. The fourth-order valence-corrected chi connectivity index (χ4v) is 1.53. The summed E-state index contributed by atoms with van der Waals surface area (Å²) in [5.41, 5.74) is 8.06. The van der Waals surface area contributed by atoms with Crippen molar-refractivity contribution >= 4 is 0 Å². The first-order valence-corrected chi connectivity index (χ1v) is 5.29. The number of aryl methyl sites for hydroxylation is 1. The number of nitrogens with two attached hydrogens (primary N) is 1. The third-order valence-corrected chi connectivity index (χ3v) is 2.32. The highest BCUT2D eigenvalue weighted by atomic mass is 16.5. The second-order valence-electron chi connectivity index (χ2n) is 4.00. The van der Waals surface area contributed by atoms with E-state index in [2.05, 4.69) is 35.3 Å². The van der Waals surface area contributed by atoms with Gasteiger partial charge in [0.1, 0.15) is 0 Å². The molecule has 0 spiro atoms. The molecule has 0 unspecified atom stereocenters. The monoisotopic (exact) mass is 217 g/mol. The van der Waals surface area contributed by atoms with Gasteiger partial charge in [0.25, 0.3) is 0 Å². The van der Waals surface area contributed by atoms with Crippen LogP contribution >= 0.6 is 0 Å². The number of benzene rings is 1. The molecule has 2 N–H and O–H groups in total. The van der Waals surface area contributed by atoms with Gasteiger partial charge in [0.05, 0.1) is 6.04 Å². The molecule has 0 amide bonds. The molecule has 4 nitrogen and oxygen atoms in total. The molecule has 1 heterocycles. The van der Waals surface area contributed by atoms with E-state index in [0.29, 0.717) is 18.1 Å². The molecule has 0 radical (unpaired) electrons. The van der Waals surface area contributed by atoms with E-state index in [1.54, 1.807) is 0 Å². The van der Waals surface area contributed by atoms with Crippen LogP contribution in [-0.4, -0.2) is 10.1 Å². The van der Waals surface area contributed by atoms with Crippen LogP contribution in [0, 0.1) is 6.92 Å². The second kappa shape index (κ2) is 4.45. The Balaban J connectivity index is 2.14. The Bertz CT molecular complexity index is 477. The van der Waals surface area contributed by atoms with Crippen molar-refractivity contribution in [2.75, 3.05) is 0 Å². The largest absolute Gasteiger partial charge is 0.338 e. The third-order valence-electron chi connectivity index (χ3n) is 2.32. The predicted octanol–water partition coefficient (Wildman–Crippen LogP) is 1.99. The summed E-state index contributed by atoms with van der Waals surface area (Å²) in [7, 11) is 0. The van der Waals surface area contributed by atoms with Gasteiger partial charge in [-0.15, -0.1) is 0 Å². The zero-order valence-corrected chi connectivity index (χ0v) is 9.47. The van der Waals surface area contributed by atoms with Gasteiger partial charge < -0.3 is 10.3 Å². The molecular weight excluding hydrogens is 202 g/mol. The van der Waals surface area contributed by atoms with Crippen molar-refractivity contribution in [1.82, 2.24) is 10.1 Å².